The lowest BCUT2D eigenvalue weighted by Gasteiger charge is -2.08. The molecule has 2 N–H and O–H groups in total. The highest BCUT2D eigenvalue weighted by atomic mass is 16.5. The molecule has 2 aromatic rings. The first kappa shape index (κ1) is 15.5. The van der Waals surface area contributed by atoms with Crippen LogP contribution >= 0.6 is 0 Å². The second-order valence-electron chi connectivity index (χ2n) is 4.53. The van der Waals surface area contributed by atoms with Crippen LogP contribution in [0.25, 0.3) is 0 Å². The molecule has 0 aliphatic heterocycles. The lowest BCUT2D eigenvalue weighted by molar-refractivity contribution is -0.115. The summed E-state index contributed by atoms with van der Waals surface area (Å²) in [5, 5.41) is 5.84. The molecule has 1 aromatic heterocycles. The summed E-state index contributed by atoms with van der Waals surface area (Å²) in [5.41, 5.74) is 2.09. The fourth-order valence-corrected chi connectivity index (χ4v) is 1.75. The average molecular weight is 299 g/mol. The van der Waals surface area contributed by atoms with Crippen molar-refractivity contribution >= 4 is 29.1 Å². The van der Waals surface area contributed by atoms with E-state index in [1.54, 1.807) is 43.5 Å². The molecule has 114 valence electrons. The molecule has 6 heteroatoms. The first-order chi connectivity index (χ1) is 10.6. The number of hydrogen-bond donors (Lipinski definition) is 2. The highest BCUT2D eigenvalue weighted by molar-refractivity contribution is 5.90. The lowest BCUT2D eigenvalue weighted by Crippen LogP contribution is -2.10. The first-order valence-electron chi connectivity index (χ1n) is 6.83. The molecule has 0 saturated carbocycles. The van der Waals surface area contributed by atoms with Crippen molar-refractivity contribution in [2.24, 2.45) is 0 Å². The summed E-state index contributed by atoms with van der Waals surface area (Å²) in [6.45, 7) is 1.78. The summed E-state index contributed by atoms with van der Waals surface area (Å²) in [7, 11) is 1.35. The predicted molar refractivity (Wildman–Crippen MR) is 84.2 cm³/mol. The van der Waals surface area contributed by atoms with Crippen LogP contribution in [0, 0.1) is 0 Å². The monoisotopic (exact) mass is 299 g/mol. The Hall–Kier alpha value is -2.89. The van der Waals surface area contributed by atoms with Crippen molar-refractivity contribution in [3.63, 3.8) is 0 Å². The quantitative estimate of drug-likeness (QED) is 0.830. The number of anilines is 3. The Bertz CT molecular complexity index is 651. The SMILES string of the molecule is CCC(=O)Nc1ccc(Nc2ccc(C(=O)OC)cc2)cn1. The topological polar surface area (TPSA) is 80.3 Å². The number of carbonyl (C=O) groups is 2. The summed E-state index contributed by atoms with van der Waals surface area (Å²) < 4.78 is 4.64. The van der Waals surface area contributed by atoms with Gasteiger partial charge in [-0.25, -0.2) is 9.78 Å². The summed E-state index contributed by atoms with van der Waals surface area (Å²) >= 11 is 0. The van der Waals surface area contributed by atoms with Crippen LogP contribution in [0.2, 0.25) is 0 Å². The summed E-state index contributed by atoms with van der Waals surface area (Å²) in [4.78, 5) is 26.8. The van der Waals surface area contributed by atoms with E-state index in [2.05, 4.69) is 20.4 Å². The zero-order chi connectivity index (χ0) is 15.9. The third-order valence-electron chi connectivity index (χ3n) is 2.95. The van der Waals surface area contributed by atoms with Crippen LogP contribution in [0.15, 0.2) is 42.6 Å². The van der Waals surface area contributed by atoms with Gasteiger partial charge in [0.1, 0.15) is 5.82 Å². The molecule has 22 heavy (non-hydrogen) atoms. The molecule has 0 unspecified atom stereocenters. The maximum Gasteiger partial charge on any atom is 0.337 e. The van der Waals surface area contributed by atoms with Crippen molar-refractivity contribution in [1.29, 1.82) is 0 Å². The molecule has 0 saturated heterocycles. The molecule has 0 bridgehead atoms. The molecule has 0 spiro atoms. The van der Waals surface area contributed by atoms with Crippen LogP contribution in [0.3, 0.4) is 0 Å². The van der Waals surface area contributed by atoms with Gasteiger partial charge >= 0.3 is 5.97 Å². The highest BCUT2D eigenvalue weighted by Gasteiger charge is 2.05. The minimum atomic E-state index is -0.371. The Morgan fingerprint density at radius 3 is 2.32 bits per heavy atom. The zero-order valence-corrected chi connectivity index (χ0v) is 12.4. The number of methoxy groups -OCH3 is 1. The van der Waals surface area contributed by atoms with Crippen molar-refractivity contribution in [2.75, 3.05) is 17.7 Å². The summed E-state index contributed by atoms with van der Waals surface area (Å²) in [5.74, 6) is 0.0642. The number of nitrogens with one attached hydrogen (secondary N) is 2. The van der Waals surface area contributed by atoms with Gasteiger partial charge in [0, 0.05) is 12.1 Å². The fraction of sp³-hybridized carbons (Fsp3) is 0.188. The number of hydrogen-bond acceptors (Lipinski definition) is 5. The Balaban J connectivity index is 2.01. The van der Waals surface area contributed by atoms with E-state index in [4.69, 9.17) is 0 Å². The van der Waals surface area contributed by atoms with Crippen LogP contribution in [-0.2, 0) is 9.53 Å². The maximum atomic E-state index is 11.3. The third-order valence-corrected chi connectivity index (χ3v) is 2.95. The number of carbonyl (C=O) groups excluding carboxylic acids is 2. The van der Waals surface area contributed by atoms with Crippen molar-refractivity contribution < 1.29 is 14.3 Å². The molecule has 0 radical (unpaired) electrons. The molecule has 1 aromatic carbocycles. The van der Waals surface area contributed by atoms with E-state index in [9.17, 15) is 9.59 Å². The van der Waals surface area contributed by atoms with Crippen LogP contribution in [0.1, 0.15) is 23.7 Å². The second-order valence-corrected chi connectivity index (χ2v) is 4.53. The average Bonchev–Trinajstić information content (AvgIpc) is 2.56. The van der Waals surface area contributed by atoms with E-state index in [1.807, 2.05) is 6.07 Å². The van der Waals surface area contributed by atoms with Gasteiger partial charge in [0.05, 0.1) is 24.6 Å². The van der Waals surface area contributed by atoms with Gasteiger partial charge in [0.15, 0.2) is 0 Å². The number of nitrogens with zero attached hydrogens (tertiary/aromatic N) is 1. The molecule has 1 heterocycles. The summed E-state index contributed by atoms with van der Waals surface area (Å²) in [6, 6.07) is 10.4. The second kappa shape index (κ2) is 7.21. The molecule has 0 aliphatic rings. The standard InChI is InChI=1S/C16H17N3O3/c1-3-15(20)19-14-9-8-13(10-17-14)18-12-6-4-11(5-7-12)16(21)22-2/h4-10,18H,3H2,1-2H3,(H,17,19,20). The largest absolute Gasteiger partial charge is 0.465 e. The van der Waals surface area contributed by atoms with Crippen molar-refractivity contribution in [3.05, 3.63) is 48.2 Å². The maximum absolute atomic E-state index is 11.3. The molecule has 6 nitrogen and oxygen atoms in total. The molecule has 0 fully saturated rings. The van der Waals surface area contributed by atoms with Gasteiger partial charge in [-0.05, 0) is 36.4 Å². The van der Waals surface area contributed by atoms with Crippen molar-refractivity contribution in [2.45, 2.75) is 13.3 Å². The Kier molecular flexibility index (Phi) is 5.08. The van der Waals surface area contributed by atoms with Crippen LogP contribution in [0.4, 0.5) is 17.2 Å². The number of esters is 1. The number of aromatic nitrogens is 1. The minimum Gasteiger partial charge on any atom is -0.465 e. The van der Waals surface area contributed by atoms with Gasteiger partial charge in [-0.2, -0.15) is 0 Å². The van der Waals surface area contributed by atoms with Gasteiger partial charge in [-0.1, -0.05) is 6.92 Å². The number of ether oxygens (including phenoxy) is 1. The van der Waals surface area contributed by atoms with Crippen LogP contribution in [0.5, 0.6) is 0 Å². The highest BCUT2D eigenvalue weighted by Crippen LogP contribution is 2.18. The van der Waals surface area contributed by atoms with E-state index in [-0.39, 0.29) is 11.9 Å². The number of benzene rings is 1. The Labute approximate surface area is 128 Å². The Morgan fingerprint density at radius 1 is 1.09 bits per heavy atom. The van der Waals surface area contributed by atoms with E-state index in [1.165, 1.54) is 7.11 Å². The van der Waals surface area contributed by atoms with Crippen LogP contribution in [-0.4, -0.2) is 24.0 Å². The van der Waals surface area contributed by atoms with E-state index >= 15 is 0 Å². The molecule has 2 rings (SSSR count). The number of pyridine rings is 1. The van der Waals surface area contributed by atoms with Crippen molar-refractivity contribution in [1.82, 2.24) is 4.98 Å². The van der Waals surface area contributed by atoms with Crippen molar-refractivity contribution in [3.8, 4) is 0 Å². The van der Waals surface area contributed by atoms with Crippen LogP contribution < -0.4 is 10.6 Å². The predicted octanol–water partition coefficient (Wildman–Crippen LogP) is 2.96. The number of rotatable bonds is 5. The molecular weight excluding hydrogens is 282 g/mol. The zero-order valence-electron chi connectivity index (χ0n) is 12.4. The molecule has 1 amide bonds. The normalized spacial score (nSPS) is 9.91. The third kappa shape index (κ3) is 4.05. The molecule has 0 aliphatic carbocycles. The fourth-order valence-electron chi connectivity index (χ4n) is 1.75. The van der Waals surface area contributed by atoms with Gasteiger partial charge in [0.2, 0.25) is 5.91 Å². The van der Waals surface area contributed by atoms with Gasteiger partial charge in [-0.15, -0.1) is 0 Å². The smallest absolute Gasteiger partial charge is 0.337 e. The van der Waals surface area contributed by atoms with E-state index in [0.717, 1.165) is 11.4 Å². The van der Waals surface area contributed by atoms with E-state index < -0.39 is 0 Å². The summed E-state index contributed by atoms with van der Waals surface area (Å²) in [6.07, 6.45) is 2.04. The Morgan fingerprint density at radius 2 is 1.77 bits per heavy atom. The minimum absolute atomic E-state index is 0.0772. The lowest BCUT2D eigenvalue weighted by atomic mass is 10.2. The first-order valence-corrected chi connectivity index (χ1v) is 6.83. The number of amides is 1. The van der Waals surface area contributed by atoms with Gasteiger partial charge in [-0.3, -0.25) is 4.79 Å². The van der Waals surface area contributed by atoms with Gasteiger partial charge in [0.25, 0.3) is 0 Å². The van der Waals surface area contributed by atoms with E-state index in [0.29, 0.717) is 17.8 Å². The van der Waals surface area contributed by atoms with Gasteiger partial charge < -0.3 is 15.4 Å². The molecule has 0 atom stereocenters. The molecular formula is C16H17N3O3.